The van der Waals surface area contributed by atoms with Gasteiger partial charge in [-0.2, -0.15) is 13.2 Å². The van der Waals surface area contributed by atoms with Crippen molar-refractivity contribution < 1.29 is 31.9 Å². The maximum Gasteiger partial charge on any atom is 0.418 e. The zero-order chi connectivity index (χ0) is 26.6. The number of carbonyl (C=O) groups is 2. The van der Waals surface area contributed by atoms with Crippen molar-refractivity contribution in [3.8, 4) is 0 Å². The third-order valence-corrected chi connectivity index (χ3v) is 6.21. The molecule has 0 radical (unpaired) electrons. The molecule has 2 heterocycles. The Morgan fingerprint density at radius 3 is 2.51 bits per heavy atom. The van der Waals surface area contributed by atoms with Crippen LogP contribution in [-0.2, 0) is 22.3 Å². The lowest BCUT2D eigenvalue weighted by Crippen LogP contribution is -2.49. The minimum Gasteiger partial charge on any atom is -0.383 e. The highest BCUT2D eigenvalue weighted by atomic mass is 19.4. The van der Waals surface area contributed by atoms with E-state index in [9.17, 15) is 27.2 Å². The molecule has 0 saturated heterocycles. The topological polar surface area (TPSA) is 66.8 Å². The first-order valence-electron chi connectivity index (χ1n) is 11.6. The molecule has 1 aliphatic heterocycles. The number of para-hydroxylation sites is 1. The number of halogens is 4. The van der Waals surface area contributed by atoms with Crippen molar-refractivity contribution in [3.05, 3.63) is 89.5 Å². The number of carbonyl (C=O) groups excluding carboxylic acids is 2. The zero-order valence-corrected chi connectivity index (χ0v) is 20.0. The van der Waals surface area contributed by atoms with E-state index in [-0.39, 0.29) is 19.7 Å². The van der Waals surface area contributed by atoms with Crippen LogP contribution >= 0.6 is 0 Å². The Hall–Kier alpha value is -3.86. The summed E-state index contributed by atoms with van der Waals surface area (Å²) in [6.07, 6.45) is -2.83. The third kappa shape index (κ3) is 5.77. The fraction of sp³-hybridized carbons (Fsp3) is 0.308. The number of amides is 3. The highest BCUT2D eigenvalue weighted by molar-refractivity contribution is 5.93. The van der Waals surface area contributed by atoms with Crippen molar-refractivity contribution in [2.24, 2.45) is 0 Å². The normalized spacial score (nSPS) is 15.3. The first kappa shape index (κ1) is 26.2. The molecule has 3 amide bonds. The summed E-state index contributed by atoms with van der Waals surface area (Å²) in [6.45, 7) is 0.311. The number of alkyl halides is 3. The first-order valence-corrected chi connectivity index (χ1v) is 11.6. The van der Waals surface area contributed by atoms with Crippen molar-refractivity contribution >= 4 is 17.6 Å². The molecule has 11 heteroatoms. The lowest BCUT2D eigenvalue weighted by molar-refractivity contribution is -0.137. The average Bonchev–Trinajstić information content (AvgIpc) is 3.35. The molecular weight excluding hydrogens is 492 g/mol. The first-order chi connectivity index (χ1) is 17.7. The van der Waals surface area contributed by atoms with Crippen molar-refractivity contribution in [1.29, 1.82) is 0 Å². The summed E-state index contributed by atoms with van der Waals surface area (Å²) >= 11 is 0. The lowest BCUT2D eigenvalue weighted by atomic mass is 9.99. The number of anilines is 1. The van der Waals surface area contributed by atoms with Crippen molar-refractivity contribution in [1.82, 2.24) is 14.4 Å². The van der Waals surface area contributed by atoms with Gasteiger partial charge in [0.2, 0.25) is 5.91 Å². The largest absolute Gasteiger partial charge is 0.418 e. The Bertz CT molecular complexity index is 1260. The predicted octanol–water partition coefficient (Wildman–Crippen LogP) is 4.76. The average molecular weight is 519 g/mol. The second kappa shape index (κ2) is 11.0. The van der Waals surface area contributed by atoms with E-state index in [0.29, 0.717) is 12.1 Å². The molecule has 0 aliphatic carbocycles. The van der Waals surface area contributed by atoms with Gasteiger partial charge in [-0.15, -0.1) is 0 Å². The maximum absolute atomic E-state index is 14.8. The van der Waals surface area contributed by atoms with E-state index in [2.05, 4.69) is 5.32 Å². The van der Waals surface area contributed by atoms with Crippen molar-refractivity contribution in [3.63, 3.8) is 0 Å². The molecule has 1 unspecified atom stereocenters. The van der Waals surface area contributed by atoms with Gasteiger partial charge in [-0.05, 0) is 30.3 Å². The molecule has 7 nitrogen and oxygen atoms in total. The van der Waals surface area contributed by atoms with Crippen LogP contribution in [0, 0.1) is 5.82 Å². The molecule has 1 aromatic heterocycles. The van der Waals surface area contributed by atoms with Gasteiger partial charge in [0, 0.05) is 44.2 Å². The number of nitrogens with one attached hydrogen (secondary N) is 1. The fourth-order valence-corrected chi connectivity index (χ4v) is 4.42. The van der Waals surface area contributed by atoms with E-state index in [1.54, 1.807) is 24.3 Å². The summed E-state index contributed by atoms with van der Waals surface area (Å²) in [4.78, 5) is 29.1. The molecule has 0 bridgehead atoms. The summed E-state index contributed by atoms with van der Waals surface area (Å²) < 4.78 is 62.0. The highest BCUT2D eigenvalue weighted by Crippen LogP contribution is 2.35. The Morgan fingerprint density at radius 1 is 1.05 bits per heavy atom. The fourth-order valence-electron chi connectivity index (χ4n) is 4.42. The van der Waals surface area contributed by atoms with Crippen LogP contribution in [0.2, 0.25) is 0 Å². The summed E-state index contributed by atoms with van der Waals surface area (Å²) in [5, 5.41) is 2.27. The van der Waals surface area contributed by atoms with Gasteiger partial charge in [0.25, 0.3) is 0 Å². The molecule has 4 rings (SSSR count). The van der Waals surface area contributed by atoms with Gasteiger partial charge < -0.3 is 24.4 Å². The SMILES string of the molecule is COCCN(CC(=O)N1CCn2cccc2C1c1ccccc1F)C(=O)Nc1ccccc1C(F)(F)F. The van der Waals surface area contributed by atoms with Crippen LogP contribution in [0.4, 0.5) is 28.0 Å². The Balaban J connectivity index is 1.59. The molecule has 0 fully saturated rings. The maximum atomic E-state index is 14.8. The Labute approximate surface area is 211 Å². The minimum absolute atomic E-state index is 0.0448. The molecule has 37 heavy (non-hydrogen) atoms. The van der Waals surface area contributed by atoms with Crippen molar-refractivity contribution in [2.45, 2.75) is 18.8 Å². The lowest BCUT2D eigenvalue weighted by Gasteiger charge is -2.38. The van der Waals surface area contributed by atoms with Gasteiger partial charge in [-0.3, -0.25) is 4.79 Å². The van der Waals surface area contributed by atoms with E-state index < -0.39 is 47.8 Å². The summed E-state index contributed by atoms with van der Waals surface area (Å²) in [5.74, 6) is -0.950. The highest BCUT2D eigenvalue weighted by Gasteiger charge is 2.36. The number of fused-ring (bicyclic) bond motifs is 1. The number of nitrogens with zero attached hydrogens (tertiary/aromatic N) is 3. The van der Waals surface area contributed by atoms with Crippen LogP contribution in [0.5, 0.6) is 0 Å². The van der Waals surface area contributed by atoms with Crippen LogP contribution in [-0.4, -0.2) is 59.7 Å². The van der Waals surface area contributed by atoms with E-state index in [1.165, 1.54) is 30.2 Å². The van der Waals surface area contributed by atoms with Gasteiger partial charge in [0.05, 0.1) is 17.9 Å². The summed E-state index contributed by atoms with van der Waals surface area (Å²) in [7, 11) is 1.41. The third-order valence-electron chi connectivity index (χ3n) is 6.21. The van der Waals surface area contributed by atoms with Gasteiger partial charge in [0.15, 0.2) is 0 Å². The predicted molar refractivity (Wildman–Crippen MR) is 128 cm³/mol. The minimum atomic E-state index is -4.67. The molecule has 1 N–H and O–H groups in total. The molecule has 2 aromatic carbocycles. The number of benzene rings is 2. The van der Waals surface area contributed by atoms with Gasteiger partial charge in [-0.25, -0.2) is 9.18 Å². The molecule has 0 saturated carbocycles. The number of aromatic nitrogens is 1. The zero-order valence-electron chi connectivity index (χ0n) is 20.0. The van der Waals surface area contributed by atoms with Gasteiger partial charge >= 0.3 is 12.2 Å². The monoisotopic (exact) mass is 518 g/mol. The van der Waals surface area contributed by atoms with E-state index in [1.807, 2.05) is 16.8 Å². The number of ether oxygens (including phenoxy) is 1. The van der Waals surface area contributed by atoms with E-state index in [4.69, 9.17) is 4.74 Å². The van der Waals surface area contributed by atoms with Crippen LogP contribution in [0.25, 0.3) is 0 Å². The molecule has 196 valence electrons. The smallest absolute Gasteiger partial charge is 0.383 e. The molecule has 1 aliphatic rings. The second-order valence-corrected chi connectivity index (χ2v) is 8.53. The van der Waals surface area contributed by atoms with Crippen molar-refractivity contribution in [2.75, 3.05) is 38.7 Å². The van der Waals surface area contributed by atoms with E-state index >= 15 is 0 Å². The van der Waals surface area contributed by atoms with Crippen LogP contribution in [0.3, 0.4) is 0 Å². The van der Waals surface area contributed by atoms with Crippen LogP contribution in [0.1, 0.15) is 22.9 Å². The van der Waals surface area contributed by atoms with E-state index in [0.717, 1.165) is 22.7 Å². The number of hydrogen-bond acceptors (Lipinski definition) is 3. The quantitative estimate of drug-likeness (QED) is 0.459. The Morgan fingerprint density at radius 2 is 1.78 bits per heavy atom. The molecule has 0 spiro atoms. The molecule has 3 aromatic rings. The van der Waals surface area contributed by atoms with Gasteiger partial charge in [-0.1, -0.05) is 30.3 Å². The molecule has 1 atom stereocenters. The van der Waals surface area contributed by atoms with Gasteiger partial charge in [0.1, 0.15) is 18.4 Å². The molecular formula is C26H26F4N4O3. The van der Waals surface area contributed by atoms with Crippen LogP contribution in [0.15, 0.2) is 66.9 Å². The Kier molecular flexibility index (Phi) is 7.82. The number of methoxy groups -OCH3 is 1. The van der Waals surface area contributed by atoms with Crippen LogP contribution < -0.4 is 5.32 Å². The summed E-state index contributed by atoms with van der Waals surface area (Å²) in [6, 6.07) is 12.8. The number of rotatable bonds is 7. The second-order valence-electron chi connectivity index (χ2n) is 8.53. The number of hydrogen-bond donors (Lipinski definition) is 1. The standard InChI is InChI=1S/C26H26F4N4O3/c1-37-16-15-33(25(36)31-21-10-5-3-8-19(21)26(28,29)30)17-23(35)34-14-13-32-12-6-11-22(32)24(34)18-7-2-4-9-20(18)27/h2-12,24H,13-17H2,1H3,(H,31,36). The number of urea groups is 1. The summed E-state index contributed by atoms with van der Waals surface area (Å²) in [5.41, 5.74) is -0.396.